The van der Waals surface area contributed by atoms with Crippen LogP contribution < -0.4 is 4.90 Å². The van der Waals surface area contributed by atoms with Gasteiger partial charge in [-0.15, -0.1) is 11.3 Å². The summed E-state index contributed by atoms with van der Waals surface area (Å²) in [6, 6.07) is 0.585. The zero-order chi connectivity index (χ0) is 13.8. The van der Waals surface area contributed by atoms with E-state index in [1.807, 2.05) is 5.38 Å². The number of aromatic nitrogens is 1. The van der Waals surface area contributed by atoms with Crippen LogP contribution in [-0.4, -0.2) is 55.7 Å². The molecule has 19 heavy (non-hydrogen) atoms. The quantitative estimate of drug-likeness (QED) is 0.781. The van der Waals surface area contributed by atoms with Crippen LogP contribution in [0, 0.1) is 0 Å². The van der Waals surface area contributed by atoms with Crippen LogP contribution in [-0.2, 0) is 16.0 Å². The van der Waals surface area contributed by atoms with E-state index in [0.29, 0.717) is 6.04 Å². The maximum atomic E-state index is 11.2. The molecule has 0 aliphatic carbocycles. The Labute approximate surface area is 118 Å². The fraction of sp³-hybridized carbons (Fsp3) is 0.692. The van der Waals surface area contributed by atoms with E-state index in [1.165, 1.54) is 7.11 Å². The van der Waals surface area contributed by atoms with Gasteiger partial charge in [0.1, 0.15) is 0 Å². The molecule has 2 rings (SSSR count). The predicted octanol–water partition coefficient (Wildman–Crippen LogP) is 1.39. The molecule has 0 bridgehead atoms. The lowest BCUT2D eigenvalue weighted by atomic mass is 10.1. The number of methoxy groups -OCH3 is 1. The molecule has 1 aliphatic rings. The Morgan fingerprint density at radius 2 is 2.37 bits per heavy atom. The van der Waals surface area contributed by atoms with Gasteiger partial charge in [0.2, 0.25) is 0 Å². The number of hydrogen-bond donors (Lipinski definition) is 0. The van der Waals surface area contributed by atoms with E-state index in [4.69, 9.17) is 0 Å². The number of anilines is 1. The van der Waals surface area contributed by atoms with E-state index in [9.17, 15) is 4.79 Å². The average Bonchev–Trinajstić information content (AvgIpc) is 2.87. The van der Waals surface area contributed by atoms with E-state index >= 15 is 0 Å². The maximum absolute atomic E-state index is 11.2. The smallest absolute Gasteiger partial charge is 0.311 e. The molecule has 6 heteroatoms. The minimum absolute atomic E-state index is 0.235. The van der Waals surface area contributed by atoms with E-state index in [0.717, 1.165) is 36.9 Å². The lowest BCUT2D eigenvalue weighted by molar-refractivity contribution is -0.139. The van der Waals surface area contributed by atoms with Gasteiger partial charge in [-0.3, -0.25) is 9.69 Å². The molecule has 0 N–H and O–H groups in total. The van der Waals surface area contributed by atoms with Crippen LogP contribution in [0.3, 0.4) is 0 Å². The van der Waals surface area contributed by atoms with Crippen molar-refractivity contribution in [2.45, 2.75) is 25.8 Å². The molecule has 1 saturated heterocycles. The molecule has 5 nitrogen and oxygen atoms in total. The SMILES string of the molecule is CCC1CN(c2nc(CC(=O)OC)cs2)CCN1C. The molecule has 1 atom stereocenters. The van der Waals surface area contributed by atoms with Crippen molar-refractivity contribution in [1.82, 2.24) is 9.88 Å². The monoisotopic (exact) mass is 283 g/mol. The number of likely N-dealkylation sites (N-methyl/N-ethyl adjacent to an activating group) is 1. The Balaban J connectivity index is 2.00. The molecular formula is C13H21N3O2S. The topological polar surface area (TPSA) is 45.7 Å². The number of esters is 1. The molecule has 1 aromatic heterocycles. The van der Waals surface area contributed by atoms with Gasteiger partial charge in [0.05, 0.1) is 19.2 Å². The lowest BCUT2D eigenvalue weighted by Crippen LogP contribution is -2.51. The van der Waals surface area contributed by atoms with Crippen molar-refractivity contribution in [3.8, 4) is 0 Å². The van der Waals surface area contributed by atoms with Gasteiger partial charge in [-0.2, -0.15) is 0 Å². The van der Waals surface area contributed by atoms with Gasteiger partial charge in [-0.1, -0.05) is 6.92 Å². The zero-order valence-electron chi connectivity index (χ0n) is 11.8. The first-order chi connectivity index (χ1) is 9.13. The largest absolute Gasteiger partial charge is 0.469 e. The number of nitrogens with zero attached hydrogens (tertiary/aromatic N) is 3. The highest BCUT2D eigenvalue weighted by atomic mass is 32.1. The molecule has 0 amide bonds. The Morgan fingerprint density at radius 3 is 3.05 bits per heavy atom. The molecule has 106 valence electrons. The highest BCUT2D eigenvalue weighted by molar-refractivity contribution is 7.13. The normalized spacial score (nSPS) is 20.6. The van der Waals surface area contributed by atoms with Crippen LogP contribution in [0.2, 0.25) is 0 Å². The third kappa shape index (κ3) is 3.45. The molecule has 1 fully saturated rings. The Morgan fingerprint density at radius 1 is 1.58 bits per heavy atom. The van der Waals surface area contributed by atoms with Gasteiger partial charge in [0, 0.05) is 31.1 Å². The van der Waals surface area contributed by atoms with Crippen LogP contribution in [0.1, 0.15) is 19.0 Å². The molecule has 1 unspecified atom stereocenters. The second kappa shape index (κ2) is 6.34. The number of carbonyl (C=O) groups is 1. The van der Waals surface area contributed by atoms with E-state index in [-0.39, 0.29) is 12.4 Å². The van der Waals surface area contributed by atoms with Crippen LogP contribution in [0.5, 0.6) is 0 Å². The van der Waals surface area contributed by atoms with Crippen molar-refractivity contribution in [1.29, 1.82) is 0 Å². The summed E-state index contributed by atoms with van der Waals surface area (Å²) >= 11 is 1.61. The number of thiazole rings is 1. The molecule has 1 aromatic rings. The van der Waals surface area contributed by atoms with Crippen molar-refractivity contribution >= 4 is 22.4 Å². The van der Waals surface area contributed by atoms with Crippen molar-refractivity contribution in [2.75, 3.05) is 38.7 Å². The fourth-order valence-corrected chi connectivity index (χ4v) is 3.17. The van der Waals surface area contributed by atoms with Crippen molar-refractivity contribution in [3.05, 3.63) is 11.1 Å². The molecule has 1 aliphatic heterocycles. The lowest BCUT2D eigenvalue weighted by Gasteiger charge is -2.39. The van der Waals surface area contributed by atoms with Crippen LogP contribution >= 0.6 is 11.3 Å². The summed E-state index contributed by atoms with van der Waals surface area (Å²) in [6.45, 7) is 5.29. The van der Waals surface area contributed by atoms with E-state index < -0.39 is 0 Å². The Hall–Kier alpha value is -1.14. The summed E-state index contributed by atoms with van der Waals surface area (Å²) in [4.78, 5) is 20.5. The van der Waals surface area contributed by atoms with Crippen LogP contribution in [0.4, 0.5) is 5.13 Å². The first-order valence-corrected chi connectivity index (χ1v) is 7.48. The number of ether oxygens (including phenoxy) is 1. The van der Waals surface area contributed by atoms with Crippen molar-refractivity contribution in [2.24, 2.45) is 0 Å². The first-order valence-electron chi connectivity index (χ1n) is 6.60. The molecule has 2 heterocycles. The summed E-state index contributed by atoms with van der Waals surface area (Å²) < 4.78 is 4.66. The van der Waals surface area contributed by atoms with Crippen molar-refractivity contribution < 1.29 is 9.53 Å². The van der Waals surface area contributed by atoms with E-state index in [2.05, 4.69) is 33.5 Å². The third-order valence-electron chi connectivity index (χ3n) is 3.61. The van der Waals surface area contributed by atoms with Gasteiger partial charge in [0.15, 0.2) is 5.13 Å². The van der Waals surface area contributed by atoms with Gasteiger partial charge < -0.3 is 9.64 Å². The summed E-state index contributed by atoms with van der Waals surface area (Å²) in [5.74, 6) is -0.235. The summed E-state index contributed by atoms with van der Waals surface area (Å²) in [6.07, 6.45) is 1.41. The van der Waals surface area contributed by atoms with Crippen LogP contribution in [0.15, 0.2) is 5.38 Å². The van der Waals surface area contributed by atoms with Crippen molar-refractivity contribution in [3.63, 3.8) is 0 Å². The van der Waals surface area contributed by atoms with E-state index in [1.54, 1.807) is 11.3 Å². The first kappa shape index (κ1) is 14.3. The molecule has 0 spiro atoms. The summed E-state index contributed by atoms with van der Waals surface area (Å²) in [5, 5.41) is 2.97. The molecule has 0 radical (unpaired) electrons. The molecule has 0 aromatic carbocycles. The average molecular weight is 283 g/mol. The second-order valence-electron chi connectivity index (χ2n) is 4.86. The zero-order valence-corrected chi connectivity index (χ0v) is 12.6. The highest BCUT2D eigenvalue weighted by Gasteiger charge is 2.24. The summed E-state index contributed by atoms with van der Waals surface area (Å²) in [7, 11) is 3.58. The van der Waals surface area contributed by atoms with Crippen LogP contribution in [0.25, 0.3) is 0 Å². The standard InChI is InChI=1S/C13H21N3O2S/c1-4-11-8-16(6-5-15(11)2)13-14-10(9-19-13)7-12(17)18-3/h9,11H,4-8H2,1-3H3. The number of hydrogen-bond acceptors (Lipinski definition) is 6. The molecular weight excluding hydrogens is 262 g/mol. The second-order valence-corrected chi connectivity index (χ2v) is 5.70. The van der Waals surface area contributed by atoms with Gasteiger partial charge in [-0.05, 0) is 13.5 Å². The summed E-state index contributed by atoms with van der Waals surface area (Å²) in [5.41, 5.74) is 0.804. The Kier molecular flexibility index (Phi) is 4.76. The predicted molar refractivity (Wildman–Crippen MR) is 76.8 cm³/mol. The van der Waals surface area contributed by atoms with Gasteiger partial charge in [0.25, 0.3) is 0 Å². The third-order valence-corrected chi connectivity index (χ3v) is 4.56. The highest BCUT2D eigenvalue weighted by Crippen LogP contribution is 2.24. The minimum Gasteiger partial charge on any atom is -0.469 e. The molecule has 0 saturated carbocycles. The van der Waals surface area contributed by atoms with Gasteiger partial charge >= 0.3 is 5.97 Å². The van der Waals surface area contributed by atoms with Gasteiger partial charge in [-0.25, -0.2) is 4.98 Å². The fourth-order valence-electron chi connectivity index (χ4n) is 2.30. The number of rotatable bonds is 4. The Bertz CT molecular complexity index is 435. The number of carbonyl (C=O) groups excluding carboxylic acids is 1. The minimum atomic E-state index is -0.235. The number of piperazine rings is 1. The maximum Gasteiger partial charge on any atom is 0.311 e.